The first kappa shape index (κ1) is 13.4. The van der Waals surface area contributed by atoms with E-state index in [-0.39, 0.29) is 5.54 Å². The largest absolute Gasteiger partial charge is 0.399 e. The van der Waals surface area contributed by atoms with E-state index in [1.165, 1.54) is 5.57 Å². The summed E-state index contributed by atoms with van der Waals surface area (Å²) >= 11 is 0. The van der Waals surface area contributed by atoms with Crippen LogP contribution in [0.25, 0.3) is 0 Å². The van der Waals surface area contributed by atoms with Crippen LogP contribution in [0, 0.1) is 0 Å². The minimum atomic E-state index is 0.0887. The second-order valence-electron chi connectivity index (χ2n) is 5.64. The topological polar surface area (TPSA) is 38.5 Å². The number of allylic oxidation sites excluding steroid dienone is 4. The fourth-order valence-corrected chi connectivity index (χ4v) is 2.38. The van der Waals surface area contributed by atoms with E-state index in [1.54, 1.807) is 0 Å². The molecule has 3 heteroatoms. The zero-order chi connectivity index (χ0) is 13.0. The lowest BCUT2D eigenvalue weighted by atomic mass is 9.99. The Morgan fingerprint density at radius 2 is 2.22 bits per heavy atom. The minimum Gasteiger partial charge on any atom is -0.399 e. The van der Waals surface area contributed by atoms with Crippen LogP contribution in [0.4, 0.5) is 0 Å². The van der Waals surface area contributed by atoms with Crippen LogP contribution in [-0.2, 0) is 4.74 Å². The molecule has 0 amide bonds. The maximum atomic E-state index is 6.16. The lowest BCUT2D eigenvalue weighted by Gasteiger charge is -2.42. The van der Waals surface area contributed by atoms with Crippen LogP contribution in [0.15, 0.2) is 35.6 Å². The van der Waals surface area contributed by atoms with Crippen molar-refractivity contribution in [2.75, 3.05) is 26.3 Å². The van der Waals surface area contributed by atoms with Gasteiger partial charge in [-0.05, 0) is 32.3 Å². The van der Waals surface area contributed by atoms with E-state index in [4.69, 9.17) is 10.5 Å². The highest BCUT2D eigenvalue weighted by atomic mass is 16.5. The molecule has 100 valence electrons. The summed E-state index contributed by atoms with van der Waals surface area (Å²) in [5.41, 5.74) is 8.40. The van der Waals surface area contributed by atoms with Gasteiger partial charge in [-0.1, -0.05) is 24.3 Å². The third-order valence-electron chi connectivity index (χ3n) is 3.68. The third kappa shape index (κ3) is 3.24. The Kier molecular flexibility index (Phi) is 4.25. The average Bonchev–Trinajstić information content (AvgIpc) is 2.30. The van der Waals surface area contributed by atoms with E-state index in [0.29, 0.717) is 0 Å². The molecule has 0 radical (unpaired) electrons. The predicted octanol–water partition coefficient (Wildman–Crippen LogP) is 2.22. The number of ether oxygens (including phenoxy) is 1. The van der Waals surface area contributed by atoms with Crippen LogP contribution < -0.4 is 5.73 Å². The highest BCUT2D eigenvalue weighted by molar-refractivity contribution is 5.34. The monoisotopic (exact) mass is 248 g/mol. The van der Waals surface area contributed by atoms with Crippen LogP contribution in [0.3, 0.4) is 0 Å². The highest BCUT2D eigenvalue weighted by Gasteiger charge is 2.30. The summed E-state index contributed by atoms with van der Waals surface area (Å²) in [6.45, 7) is 7.94. The van der Waals surface area contributed by atoms with Crippen molar-refractivity contribution in [2.24, 2.45) is 5.73 Å². The molecule has 3 nitrogen and oxygen atoms in total. The standard InChI is InChI=1S/C15H24N2O/c1-15(2)12-18-10-9-17(15)11-13-7-5-3-4-6-8-14(13)16/h3,5,7-8H,4,6,9-12,16H2,1-2H3/b5-3-,13-7-,14-8+. The molecule has 0 unspecified atom stereocenters. The highest BCUT2D eigenvalue weighted by Crippen LogP contribution is 2.22. The lowest BCUT2D eigenvalue weighted by molar-refractivity contribution is -0.0460. The molecule has 0 bridgehead atoms. The van der Waals surface area contributed by atoms with Crippen LogP contribution in [0.5, 0.6) is 0 Å². The Morgan fingerprint density at radius 1 is 1.39 bits per heavy atom. The Morgan fingerprint density at radius 3 is 3.00 bits per heavy atom. The molecule has 1 aliphatic heterocycles. The molecule has 2 rings (SSSR count). The molecule has 1 heterocycles. The van der Waals surface area contributed by atoms with Crippen molar-refractivity contribution in [3.8, 4) is 0 Å². The van der Waals surface area contributed by atoms with E-state index in [2.05, 4.69) is 43.1 Å². The first-order chi connectivity index (χ1) is 8.59. The molecule has 0 atom stereocenters. The van der Waals surface area contributed by atoms with E-state index < -0.39 is 0 Å². The average molecular weight is 248 g/mol. The number of rotatable bonds is 2. The maximum absolute atomic E-state index is 6.16. The van der Waals surface area contributed by atoms with Gasteiger partial charge in [-0.3, -0.25) is 4.90 Å². The fourth-order valence-electron chi connectivity index (χ4n) is 2.38. The van der Waals surface area contributed by atoms with Crippen LogP contribution in [-0.4, -0.2) is 36.7 Å². The van der Waals surface area contributed by atoms with Gasteiger partial charge in [0.1, 0.15) is 0 Å². The van der Waals surface area contributed by atoms with Gasteiger partial charge in [0.05, 0.1) is 13.2 Å². The molecule has 0 aromatic carbocycles. The minimum absolute atomic E-state index is 0.0887. The molecule has 0 aromatic rings. The van der Waals surface area contributed by atoms with Crippen LogP contribution in [0.2, 0.25) is 0 Å². The summed E-state index contributed by atoms with van der Waals surface area (Å²) in [6, 6.07) is 0. The number of nitrogens with zero attached hydrogens (tertiary/aromatic N) is 1. The van der Waals surface area contributed by atoms with E-state index in [1.807, 2.05) is 0 Å². The Balaban J connectivity index is 2.11. The van der Waals surface area contributed by atoms with Crippen molar-refractivity contribution in [2.45, 2.75) is 32.2 Å². The lowest BCUT2D eigenvalue weighted by Crippen LogP contribution is -2.53. The van der Waals surface area contributed by atoms with Crippen molar-refractivity contribution in [1.82, 2.24) is 4.90 Å². The zero-order valence-corrected chi connectivity index (χ0v) is 11.5. The summed E-state index contributed by atoms with van der Waals surface area (Å²) < 4.78 is 5.55. The fraction of sp³-hybridized carbons (Fsp3) is 0.600. The Labute approximate surface area is 110 Å². The molecule has 1 aliphatic carbocycles. The van der Waals surface area contributed by atoms with Gasteiger partial charge in [0, 0.05) is 24.3 Å². The summed E-state index contributed by atoms with van der Waals surface area (Å²) in [6.07, 6.45) is 10.7. The molecule has 2 aliphatic rings. The second-order valence-corrected chi connectivity index (χ2v) is 5.64. The molecular formula is C15H24N2O. The molecule has 18 heavy (non-hydrogen) atoms. The molecular weight excluding hydrogens is 224 g/mol. The molecule has 0 aromatic heterocycles. The third-order valence-corrected chi connectivity index (χ3v) is 3.68. The van der Waals surface area contributed by atoms with Crippen molar-refractivity contribution >= 4 is 0 Å². The molecule has 2 N–H and O–H groups in total. The summed E-state index contributed by atoms with van der Waals surface area (Å²) in [7, 11) is 0. The summed E-state index contributed by atoms with van der Waals surface area (Å²) in [4.78, 5) is 2.46. The maximum Gasteiger partial charge on any atom is 0.0645 e. The van der Waals surface area contributed by atoms with Crippen molar-refractivity contribution in [3.63, 3.8) is 0 Å². The van der Waals surface area contributed by atoms with Gasteiger partial charge < -0.3 is 10.5 Å². The molecule has 1 fully saturated rings. The number of hydrogen-bond acceptors (Lipinski definition) is 3. The number of nitrogens with two attached hydrogens (primary N) is 1. The van der Waals surface area contributed by atoms with Gasteiger partial charge in [-0.25, -0.2) is 0 Å². The van der Waals surface area contributed by atoms with E-state index >= 15 is 0 Å². The molecule has 0 saturated carbocycles. The van der Waals surface area contributed by atoms with Gasteiger partial charge >= 0.3 is 0 Å². The van der Waals surface area contributed by atoms with E-state index in [9.17, 15) is 0 Å². The zero-order valence-electron chi connectivity index (χ0n) is 11.5. The first-order valence-electron chi connectivity index (χ1n) is 6.74. The normalized spacial score (nSPS) is 32.6. The van der Waals surface area contributed by atoms with Gasteiger partial charge in [0.15, 0.2) is 0 Å². The second kappa shape index (κ2) is 5.72. The van der Waals surface area contributed by atoms with Gasteiger partial charge in [-0.15, -0.1) is 0 Å². The van der Waals surface area contributed by atoms with Gasteiger partial charge in [0.25, 0.3) is 0 Å². The predicted molar refractivity (Wildman–Crippen MR) is 75.2 cm³/mol. The van der Waals surface area contributed by atoms with Crippen molar-refractivity contribution < 1.29 is 4.74 Å². The van der Waals surface area contributed by atoms with Gasteiger partial charge in [0.2, 0.25) is 0 Å². The number of hydrogen-bond donors (Lipinski definition) is 1. The molecule has 1 saturated heterocycles. The van der Waals surface area contributed by atoms with E-state index in [0.717, 1.165) is 44.8 Å². The summed E-state index contributed by atoms with van der Waals surface area (Å²) in [5, 5.41) is 0. The van der Waals surface area contributed by atoms with Crippen LogP contribution >= 0.6 is 0 Å². The Bertz CT molecular complexity index is 380. The SMILES string of the molecule is CC1(C)COCCN1CC1=C/C=C\CC/C=C\1N. The Hall–Kier alpha value is -1.06. The number of morpholine rings is 1. The first-order valence-corrected chi connectivity index (χ1v) is 6.74. The van der Waals surface area contributed by atoms with Gasteiger partial charge in [-0.2, -0.15) is 0 Å². The van der Waals surface area contributed by atoms with Crippen molar-refractivity contribution in [1.29, 1.82) is 0 Å². The molecule has 0 spiro atoms. The summed E-state index contributed by atoms with van der Waals surface area (Å²) in [5.74, 6) is 0. The smallest absolute Gasteiger partial charge is 0.0645 e. The van der Waals surface area contributed by atoms with Crippen molar-refractivity contribution in [3.05, 3.63) is 35.6 Å². The van der Waals surface area contributed by atoms with Crippen LogP contribution in [0.1, 0.15) is 26.7 Å². The quantitative estimate of drug-likeness (QED) is 0.814.